The minimum Gasteiger partial charge on any atom is -0.340 e. The van der Waals surface area contributed by atoms with Gasteiger partial charge in [0.15, 0.2) is 0 Å². The van der Waals surface area contributed by atoms with E-state index in [9.17, 15) is 9.18 Å². The normalized spacial score (nSPS) is 17.4. The topological polar surface area (TPSA) is 35.6 Å². The first-order valence-corrected chi connectivity index (χ1v) is 11.5. The molecule has 1 N–H and O–H groups in total. The molecule has 0 aromatic heterocycles. The molecule has 1 aliphatic carbocycles. The van der Waals surface area contributed by atoms with Crippen LogP contribution < -0.4 is 5.32 Å². The summed E-state index contributed by atoms with van der Waals surface area (Å²) in [6, 6.07) is 17.3. The summed E-state index contributed by atoms with van der Waals surface area (Å²) in [5.74, 6) is -0.301. The van der Waals surface area contributed by atoms with E-state index in [1.807, 2.05) is 7.05 Å². The van der Waals surface area contributed by atoms with E-state index in [-0.39, 0.29) is 24.1 Å². The van der Waals surface area contributed by atoms with Crippen molar-refractivity contribution in [1.29, 1.82) is 0 Å². The Balaban J connectivity index is 0.00000259. The summed E-state index contributed by atoms with van der Waals surface area (Å²) >= 11 is 6.04. The number of amides is 1. The molecule has 0 atom stereocenters. The average molecular weight is 488 g/mol. The van der Waals surface area contributed by atoms with Crippen LogP contribution in [0, 0.1) is 5.82 Å². The van der Waals surface area contributed by atoms with Gasteiger partial charge in [-0.25, -0.2) is 4.39 Å². The third kappa shape index (κ3) is 4.60. The number of nitrogens with zero attached hydrogens (tertiary/aromatic N) is 2. The molecule has 7 heteroatoms. The van der Waals surface area contributed by atoms with Crippen molar-refractivity contribution in [3.8, 4) is 0 Å². The molecule has 33 heavy (non-hydrogen) atoms. The second-order valence-corrected chi connectivity index (χ2v) is 9.47. The summed E-state index contributed by atoms with van der Waals surface area (Å²) in [7, 11) is 1.81. The summed E-state index contributed by atoms with van der Waals surface area (Å²) in [5, 5.41) is 6.16. The number of hydrogen-bond acceptors (Lipinski definition) is 3. The Morgan fingerprint density at radius 3 is 2.24 bits per heavy atom. The van der Waals surface area contributed by atoms with Gasteiger partial charge in [-0.15, -0.1) is 12.4 Å². The Kier molecular flexibility index (Phi) is 6.96. The number of piperazine rings is 1. The summed E-state index contributed by atoms with van der Waals surface area (Å²) in [6.07, 6.45) is 1.39. The first kappa shape index (κ1) is 24.0. The minimum atomic E-state index is -0.617. The maximum Gasteiger partial charge on any atom is 0.243 e. The molecule has 3 aromatic carbocycles. The number of benzene rings is 3. The molecule has 0 spiro atoms. The molecule has 1 fully saturated rings. The lowest BCUT2D eigenvalue weighted by Crippen LogP contribution is -2.63. The number of carbonyl (C=O) groups excluding carboxylic acids is 1. The number of rotatable bonds is 4. The van der Waals surface area contributed by atoms with E-state index in [0.717, 1.165) is 26.2 Å². The molecule has 0 saturated carbocycles. The predicted octanol–water partition coefficient (Wildman–Crippen LogP) is 4.46. The molecule has 4 nitrogen and oxygen atoms in total. The van der Waals surface area contributed by atoms with Gasteiger partial charge in [-0.1, -0.05) is 48.0 Å². The van der Waals surface area contributed by atoms with Gasteiger partial charge >= 0.3 is 0 Å². The van der Waals surface area contributed by atoms with Gasteiger partial charge in [-0.2, -0.15) is 0 Å². The lowest BCUT2D eigenvalue weighted by atomic mass is 9.90. The number of hydrogen-bond donors (Lipinski definition) is 1. The third-order valence-electron chi connectivity index (χ3n) is 6.84. The van der Waals surface area contributed by atoms with Crippen molar-refractivity contribution >= 4 is 40.7 Å². The number of nitrogens with one attached hydrogen (secondary N) is 1. The quantitative estimate of drug-likeness (QED) is 0.590. The van der Waals surface area contributed by atoms with Crippen molar-refractivity contribution in [3.05, 3.63) is 82.1 Å². The molecular weight excluding hydrogens is 460 g/mol. The molecule has 1 heterocycles. The first-order chi connectivity index (χ1) is 15.4. The Labute approximate surface area is 205 Å². The highest BCUT2D eigenvalue weighted by Gasteiger charge is 2.49. The van der Waals surface area contributed by atoms with Gasteiger partial charge in [0.2, 0.25) is 5.91 Å². The maximum atomic E-state index is 14.0. The first-order valence-electron chi connectivity index (χ1n) is 11.1. The maximum absolute atomic E-state index is 14.0. The SMILES string of the molecule is CN(Cc1cc(F)cc(Cl)c1)C(=O)C1(N2CCNCC2)Cc2cc3ccccc3cc2C1.Cl. The van der Waals surface area contributed by atoms with Gasteiger partial charge in [0.25, 0.3) is 0 Å². The molecule has 0 bridgehead atoms. The summed E-state index contributed by atoms with van der Waals surface area (Å²) in [6.45, 7) is 3.73. The lowest BCUT2D eigenvalue weighted by molar-refractivity contribution is -0.144. The van der Waals surface area contributed by atoms with Crippen molar-refractivity contribution in [2.75, 3.05) is 33.2 Å². The van der Waals surface area contributed by atoms with Crippen LogP contribution in [-0.4, -0.2) is 54.5 Å². The summed E-state index contributed by atoms with van der Waals surface area (Å²) < 4.78 is 13.9. The van der Waals surface area contributed by atoms with Crippen molar-refractivity contribution in [3.63, 3.8) is 0 Å². The van der Waals surface area contributed by atoms with Gasteiger partial charge in [0.05, 0.1) is 0 Å². The zero-order chi connectivity index (χ0) is 22.3. The van der Waals surface area contributed by atoms with E-state index in [4.69, 9.17) is 11.6 Å². The van der Waals surface area contributed by atoms with Crippen LogP contribution in [0.4, 0.5) is 4.39 Å². The Morgan fingerprint density at radius 1 is 1.06 bits per heavy atom. The lowest BCUT2D eigenvalue weighted by Gasteiger charge is -2.44. The highest BCUT2D eigenvalue weighted by Crippen LogP contribution is 2.38. The van der Waals surface area contributed by atoms with Gasteiger partial charge in [0, 0.05) is 57.6 Å². The van der Waals surface area contributed by atoms with Gasteiger partial charge < -0.3 is 10.2 Å². The van der Waals surface area contributed by atoms with Crippen molar-refractivity contribution < 1.29 is 9.18 Å². The average Bonchev–Trinajstić information content (AvgIpc) is 3.16. The zero-order valence-corrected chi connectivity index (χ0v) is 20.2. The molecule has 0 radical (unpaired) electrons. The van der Waals surface area contributed by atoms with Crippen molar-refractivity contribution in [1.82, 2.24) is 15.1 Å². The second kappa shape index (κ2) is 9.59. The van der Waals surface area contributed by atoms with E-state index in [2.05, 4.69) is 46.6 Å². The third-order valence-corrected chi connectivity index (χ3v) is 7.06. The van der Waals surface area contributed by atoms with Gasteiger partial charge in [0.1, 0.15) is 11.4 Å². The summed E-state index contributed by atoms with van der Waals surface area (Å²) in [4.78, 5) is 18.1. The highest BCUT2D eigenvalue weighted by atomic mass is 35.5. The molecule has 3 aromatic rings. The largest absolute Gasteiger partial charge is 0.340 e. The number of fused-ring (bicyclic) bond motifs is 2. The van der Waals surface area contributed by atoms with Gasteiger partial charge in [-0.3, -0.25) is 9.69 Å². The standard InChI is InChI=1S/C26H27ClFN3O.ClH/c1-30(17-18-10-23(27)14-24(28)11-18)25(32)26(31-8-6-29-7-9-31)15-21-12-19-4-2-3-5-20(19)13-22(21)16-26;/h2-5,10-14,29H,6-9,15-17H2,1H3;1H. The minimum absolute atomic E-state index is 0. The van der Waals surface area contributed by atoms with E-state index in [0.29, 0.717) is 30.0 Å². The van der Waals surface area contributed by atoms with Crippen LogP contribution in [0.3, 0.4) is 0 Å². The molecule has 5 rings (SSSR count). The fraction of sp³-hybridized carbons (Fsp3) is 0.346. The Bertz CT molecular complexity index is 1110. The van der Waals surface area contributed by atoms with Gasteiger partial charge in [-0.05, 0) is 45.7 Å². The number of halogens is 3. The van der Waals surface area contributed by atoms with Crippen LogP contribution in [0.25, 0.3) is 10.8 Å². The monoisotopic (exact) mass is 487 g/mol. The van der Waals surface area contributed by atoms with Crippen molar-refractivity contribution in [2.45, 2.75) is 24.9 Å². The predicted molar refractivity (Wildman–Crippen MR) is 134 cm³/mol. The Morgan fingerprint density at radius 2 is 1.67 bits per heavy atom. The molecule has 2 aliphatic rings. The van der Waals surface area contributed by atoms with Crippen LogP contribution in [0.15, 0.2) is 54.6 Å². The second-order valence-electron chi connectivity index (χ2n) is 9.03. The highest BCUT2D eigenvalue weighted by molar-refractivity contribution is 6.30. The van der Waals surface area contributed by atoms with E-state index >= 15 is 0 Å². The fourth-order valence-corrected chi connectivity index (χ4v) is 5.61. The molecular formula is C26H28Cl2FN3O. The van der Waals surface area contributed by atoms with E-state index in [1.54, 1.807) is 11.0 Å². The molecule has 1 aliphatic heterocycles. The van der Waals surface area contributed by atoms with Crippen LogP contribution in [0.1, 0.15) is 16.7 Å². The molecule has 1 saturated heterocycles. The van der Waals surface area contributed by atoms with Crippen LogP contribution in [-0.2, 0) is 24.2 Å². The van der Waals surface area contributed by atoms with Crippen LogP contribution >= 0.6 is 24.0 Å². The fourth-order valence-electron chi connectivity index (χ4n) is 5.36. The van der Waals surface area contributed by atoms with E-state index in [1.165, 1.54) is 34.0 Å². The summed E-state index contributed by atoms with van der Waals surface area (Å²) in [5.41, 5.74) is 2.58. The molecule has 1 amide bonds. The molecule has 174 valence electrons. The number of likely N-dealkylation sites (N-methyl/N-ethyl adjacent to an activating group) is 1. The van der Waals surface area contributed by atoms with Crippen molar-refractivity contribution in [2.24, 2.45) is 0 Å². The van der Waals surface area contributed by atoms with Crippen LogP contribution in [0.2, 0.25) is 5.02 Å². The number of carbonyl (C=O) groups is 1. The van der Waals surface area contributed by atoms with E-state index < -0.39 is 5.54 Å². The smallest absolute Gasteiger partial charge is 0.243 e. The molecule has 0 unspecified atom stereocenters. The van der Waals surface area contributed by atoms with Crippen LogP contribution in [0.5, 0.6) is 0 Å². The zero-order valence-electron chi connectivity index (χ0n) is 18.6. The Hall–Kier alpha value is -2.18.